The molecule has 106 valence electrons. The fraction of sp³-hybridized carbons (Fsp3) is 0.118. The van der Waals surface area contributed by atoms with Crippen LogP contribution in [0.2, 0.25) is 0 Å². The SMILES string of the molecule is COc1ccc(C(O)(c2ccccc2)c2cnc[nH]2)cc1. The number of imidazole rings is 1. The molecule has 1 aromatic heterocycles. The summed E-state index contributed by atoms with van der Waals surface area (Å²) < 4.78 is 5.18. The highest BCUT2D eigenvalue weighted by Gasteiger charge is 2.35. The van der Waals surface area contributed by atoms with E-state index in [0.717, 1.165) is 16.9 Å². The molecule has 0 saturated carbocycles. The van der Waals surface area contributed by atoms with Gasteiger partial charge in [-0.3, -0.25) is 0 Å². The van der Waals surface area contributed by atoms with E-state index >= 15 is 0 Å². The van der Waals surface area contributed by atoms with Crippen LogP contribution in [0.4, 0.5) is 0 Å². The third-order valence-corrected chi connectivity index (χ3v) is 3.59. The zero-order valence-corrected chi connectivity index (χ0v) is 11.7. The predicted octanol–water partition coefficient (Wildman–Crippen LogP) is 2.70. The van der Waals surface area contributed by atoms with Crippen molar-refractivity contribution >= 4 is 0 Å². The first-order chi connectivity index (χ1) is 10.2. The largest absolute Gasteiger partial charge is 0.497 e. The Bertz CT molecular complexity index is 693. The molecule has 2 N–H and O–H groups in total. The molecule has 3 rings (SSSR count). The van der Waals surface area contributed by atoms with E-state index < -0.39 is 5.60 Å². The standard InChI is InChI=1S/C17H16N2O2/c1-21-15-9-7-14(8-10-15)17(20,16-11-18-12-19-16)13-5-3-2-4-6-13/h2-12,20H,1H3,(H,18,19). The second-order valence-corrected chi connectivity index (χ2v) is 4.77. The van der Waals surface area contributed by atoms with Crippen molar-refractivity contribution in [3.05, 3.63) is 83.9 Å². The molecule has 1 heterocycles. The lowest BCUT2D eigenvalue weighted by atomic mass is 9.84. The quantitative estimate of drug-likeness (QED) is 0.772. The monoisotopic (exact) mass is 280 g/mol. The molecule has 1 unspecified atom stereocenters. The molecule has 0 saturated heterocycles. The third kappa shape index (κ3) is 2.30. The predicted molar refractivity (Wildman–Crippen MR) is 80.1 cm³/mol. The molecule has 0 aliphatic carbocycles. The minimum absolute atomic E-state index is 0.624. The number of nitrogens with zero attached hydrogens (tertiary/aromatic N) is 1. The number of aromatic nitrogens is 2. The van der Waals surface area contributed by atoms with Crippen molar-refractivity contribution in [3.8, 4) is 5.75 Å². The Labute approximate surface area is 123 Å². The van der Waals surface area contributed by atoms with Crippen LogP contribution in [-0.4, -0.2) is 22.2 Å². The van der Waals surface area contributed by atoms with Crippen LogP contribution >= 0.6 is 0 Å². The molecule has 4 nitrogen and oxygen atoms in total. The van der Waals surface area contributed by atoms with Gasteiger partial charge in [-0.05, 0) is 23.3 Å². The van der Waals surface area contributed by atoms with E-state index in [2.05, 4.69) is 9.97 Å². The van der Waals surface area contributed by atoms with Crippen LogP contribution in [0.1, 0.15) is 16.8 Å². The summed E-state index contributed by atoms with van der Waals surface area (Å²) in [5.74, 6) is 0.749. The second-order valence-electron chi connectivity index (χ2n) is 4.77. The molecule has 0 bridgehead atoms. The van der Waals surface area contributed by atoms with Crippen LogP contribution in [0.15, 0.2) is 67.1 Å². The van der Waals surface area contributed by atoms with Crippen molar-refractivity contribution in [2.45, 2.75) is 5.60 Å². The number of ether oxygens (including phenoxy) is 1. The molecule has 0 fully saturated rings. The highest BCUT2D eigenvalue weighted by atomic mass is 16.5. The molecule has 0 radical (unpaired) electrons. The van der Waals surface area contributed by atoms with Crippen molar-refractivity contribution in [2.75, 3.05) is 7.11 Å². The van der Waals surface area contributed by atoms with Gasteiger partial charge in [0.15, 0.2) is 5.60 Å². The van der Waals surface area contributed by atoms with Gasteiger partial charge < -0.3 is 14.8 Å². The van der Waals surface area contributed by atoms with Crippen LogP contribution < -0.4 is 4.74 Å². The van der Waals surface area contributed by atoms with Crippen molar-refractivity contribution in [1.29, 1.82) is 0 Å². The molecule has 3 aromatic rings. The number of hydrogen-bond donors (Lipinski definition) is 2. The van der Waals surface area contributed by atoms with Gasteiger partial charge in [0.05, 0.1) is 25.3 Å². The van der Waals surface area contributed by atoms with Gasteiger partial charge >= 0.3 is 0 Å². The average molecular weight is 280 g/mol. The second kappa shape index (κ2) is 5.42. The van der Waals surface area contributed by atoms with Gasteiger partial charge in [-0.25, -0.2) is 4.98 Å². The molecule has 21 heavy (non-hydrogen) atoms. The third-order valence-electron chi connectivity index (χ3n) is 3.59. The maximum absolute atomic E-state index is 11.4. The molecule has 0 aliphatic heterocycles. The van der Waals surface area contributed by atoms with Crippen LogP contribution in [-0.2, 0) is 5.60 Å². The normalized spacial score (nSPS) is 13.6. The van der Waals surface area contributed by atoms with E-state index in [1.54, 1.807) is 19.6 Å². The van der Waals surface area contributed by atoms with Gasteiger partial charge in [-0.1, -0.05) is 42.5 Å². The number of aromatic amines is 1. The fourth-order valence-electron chi connectivity index (χ4n) is 2.44. The van der Waals surface area contributed by atoms with Crippen LogP contribution in [0.25, 0.3) is 0 Å². The van der Waals surface area contributed by atoms with Gasteiger partial charge in [0.1, 0.15) is 5.75 Å². The maximum Gasteiger partial charge on any atom is 0.156 e. The zero-order chi connectivity index (χ0) is 14.7. The van der Waals surface area contributed by atoms with E-state index in [9.17, 15) is 5.11 Å². The Morgan fingerprint density at radius 1 is 1.00 bits per heavy atom. The molecular formula is C17H16N2O2. The number of aliphatic hydroxyl groups is 1. The summed E-state index contributed by atoms with van der Waals surface area (Å²) in [6.07, 6.45) is 3.20. The van der Waals surface area contributed by atoms with Crippen molar-refractivity contribution in [3.63, 3.8) is 0 Å². The van der Waals surface area contributed by atoms with Crippen LogP contribution in [0, 0.1) is 0 Å². The minimum Gasteiger partial charge on any atom is -0.497 e. The topological polar surface area (TPSA) is 58.1 Å². The Kier molecular flexibility index (Phi) is 3.46. The van der Waals surface area contributed by atoms with Crippen molar-refractivity contribution in [2.24, 2.45) is 0 Å². The van der Waals surface area contributed by atoms with Crippen molar-refractivity contribution < 1.29 is 9.84 Å². The summed E-state index contributed by atoms with van der Waals surface area (Å²) >= 11 is 0. The zero-order valence-electron chi connectivity index (χ0n) is 11.7. The highest BCUT2D eigenvalue weighted by molar-refractivity contribution is 5.45. The van der Waals surface area contributed by atoms with E-state index in [1.165, 1.54) is 0 Å². The Hall–Kier alpha value is -2.59. The van der Waals surface area contributed by atoms with E-state index in [1.807, 2.05) is 54.6 Å². The first-order valence-corrected chi connectivity index (χ1v) is 6.66. The van der Waals surface area contributed by atoms with Gasteiger partial charge in [0, 0.05) is 0 Å². The van der Waals surface area contributed by atoms with Gasteiger partial charge in [0.2, 0.25) is 0 Å². The van der Waals surface area contributed by atoms with E-state index in [-0.39, 0.29) is 0 Å². The lowest BCUT2D eigenvalue weighted by molar-refractivity contribution is 0.121. The van der Waals surface area contributed by atoms with Crippen molar-refractivity contribution in [1.82, 2.24) is 9.97 Å². The lowest BCUT2D eigenvalue weighted by Gasteiger charge is -2.28. The Balaban J connectivity index is 2.16. The number of hydrogen-bond acceptors (Lipinski definition) is 3. The fourth-order valence-corrected chi connectivity index (χ4v) is 2.44. The first kappa shape index (κ1) is 13.4. The smallest absolute Gasteiger partial charge is 0.156 e. The Morgan fingerprint density at radius 2 is 1.67 bits per heavy atom. The van der Waals surface area contributed by atoms with E-state index in [4.69, 9.17) is 4.74 Å². The molecule has 2 aromatic carbocycles. The number of nitrogens with one attached hydrogen (secondary N) is 1. The first-order valence-electron chi connectivity index (χ1n) is 6.66. The number of methoxy groups -OCH3 is 1. The van der Waals surface area contributed by atoms with Gasteiger partial charge in [-0.2, -0.15) is 0 Å². The molecule has 4 heteroatoms. The molecule has 1 atom stereocenters. The summed E-state index contributed by atoms with van der Waals surface area (Å²) in [5.41, 5.74) is 0.876. The number of rotatable bonds is 4. The molecule has 0 spiro atoms. The number of H-pyrrole nitrogens is 1. The highest BCUT2D eigenvalue weighted by Crippen LogP contribution is 2.35. The number of benzene rings is 2. The van der Waals surface area contributed by atoms with Crippen LogP contribution in [0.5, 0.6) is 5.75 Å². The van der Waals surface area contributed by atoms with Crippen LogP contribution in [0.3, 0.4) is 0 Å². The summed E-state index contributed by atoms with van der Waals surface area (Å²) in [4.78, 5) is 7.04. The summed E-state index contributed by atoms with van der Waals surface area (Å²) in [6, 6.07) is 16.9. The molecular weight excluding hydrogens is 264 g/mol. The van der Waals surface area contributed by atoms with Gasteiger partial charge in [0.25, 0.3) is 0 Å². The average Bonchev–Trinajstić information content (AvgIpc) is 3.10. The summed E-state index contributed by atoms with van der Waals surface area (Å²) in [5, 5.41) is 11.4. The molecule has 0 aliphatic rings. The maximum atomic E-state index is 11.4. The summed E-state index contributed by atoms with van der Waals surface area (Å²) in [7, 11) is 1.62. The molecule has 0 amide bonds. The lowest BCUT2D eigenvalue weighted by Crippen LogP contribution is -2.29. The Morgan fingerprint density at radius 3 is 2.24 bits per heavy atom. The van der Waals surface area contributed by atoms with E-state index in [0.29, 0.717) is 5.69 Å². The van der Waals surface area contributed by atoms with Gasteiger partial charge in [-0.15, -0.1) is 0 Å². The summed E-state index contributed by atoms with van der Waals surface area (Å²) in [6.45, 7) is 0. The minimum atomic E-state index is -1.27.